The average molecular weight is 609 g/mol. The van der Waals surface area contributed by atoms with Crippen molar-refractivity contribution in [1.29, 1.82) is 0 Å². The molecule has 0 spiro atoms. The molecule has 2 aliphatic heterocycles. The standard InChI is InChI=1S/C10H14N2O2.C10H13N2O2.C10H14N2O2.CH4.B/c2*11-10(13)12-9(7-14-10)6-8-4-2-1-3-5-8;11-10(14)12-9(7-13)6-8-4-2-1-3-5-8;;/h1-5,9,12-13H,6-7,11H2;1-5,9,12H,6-7,11H2;1-5,9,13H,6-7H2,(H3,11,12,14);1H4;/q;-1;;;. The van der Waals surface area contributed by atoms with Crippen LogP contribution < -0.4 is 38.3 Å². The Morgan fingerprint density at radius 2 is 1.30 bits per heavy atom. The fourth-order valence-corrected chi connectivity index (χ4v) is 4.47. The van der Waals surface area contributed by atoms with Gasteiger partial charge in [-0.15, -0.1) is 0 Å². The Balaban J connectivity index is 0.000000323. The molecule has 3 radical (unpaired) electrons. The number of hydrogen-bond acceptors (Lipinski definition) is 10. The van der Waals surface area contributed by atoms with E-state index in [-0.39, 0.29) is 40.6 Å². The van der Waals surface area contributed by atoms with Gasteiger partial charge in [-0.25, -0.2) is 10.1 Å². The van der Waals surface area contributed by atoms with Gasteiger partial charge in [0.25, 0.3) is 6.03 Å². The molecule has 13 heteroatoms. The van der Waals surface area contributed by atoms with E-state index in [2.05, 4.69) is 16.0 Å². The van der Waals surface area contributed by atoms with E-state index in [1.807, 2.05) is 91.0 Å². The second-order valence-electron chi connectivity index (χ2n) is 10.1. The molecule has 2 saturated heterocycles. The van der Waals surface area contributed by atoms with Crippen LogP contribution in [0.3, 0.4) is 0 Å². The first-order valence-electron chi connectivity index (χ1n) is 13.7. The minimum atomic E-state index is -1.90. The number of aliphatic hydroxyl groups excluding tert-OH is 1. The summed E-state index contributed by atoms with van der Waals surface area (Å²) in [7, 11) is 0. The Morgan fingerprint density at radius 3 is 1.66 bits per heavy atom. The fraction of sp³-hybridized carbons (Fsp3) is 0.387. The highest BCUT2D eigenvalue weighted by Gasteiger charge is 2.33. The van der Waals surface area contributed by atoms with E-state index in [0.717, 1.165) is 18.4 Å². The molecule has 3 aromatic carbocycles. The quantitative estimate of drug-likeness (QED) is 0.121. The first-order chi connectivity index (χ1) is 20.0. The highest BCUT2D eigenvalue weighted by atomic mass is 16.7. The Labute approximate surface area is 261 Å². The van der Waals surface area contributed by atoms with Gasteiger partial charge in [-0.05, 0) is 36.0 Å². The summed E-state index contributed by atoms with van der Waals surface area (Å²) in [4.78, 5) is 10.6. The molecule has 2 amide bonds. The van der Waals surface area contributed by atoms with Gasteiger partial charge in [-0.3, -0.25) is 11.1 Å². The summed E-state index contributed by atoms with van der Waals surface area (Å²) in [5, 5.41) is 37.3. The zero-order valence-corrected chi connectivity index (χ0v) is 24.0. The number of ether oxygens (including phenoxy) is 2. The van der Waals surface area contributed by atoms with Crippen molar-refractivity contribution in [1.82, 2.24) is 16.0 Å². The molecule has 5 unspecified atom stereocenters. The molecule has 239 valence electrons. The van der Waals surface area contributed by atoms with Crippen LogP contribution >= 0.6 is 0 Å². The van der Waals surface area contributed by atoms with Crippen molar-refractivity contribution in [3.8, 4) is 0 Å². The van der Waals surface area contributed by atoms with Gasteiger partial charge in [0.15, 0.2) is 0 Å². The molecule has 5 rings (SSSR count). The highest BCUT2D eigenvalue weighted by molar-refractivity contribution is 5.75. The first kappa shape index (κ1) is 38.7. The number of nitrogens with one attached hydrogen (secondary N) is 3. The second-order valence-corrected chi connectivity index (χ2v) is 10.1. The Kier molecular flexibility index (Phi) is 16.8. The predicted molar refractivity (Wildman–Crippen MR) is 168 cm³/mol. The third-order valence-electron chi connectivity index (χ3n) is 6.36. The van der Waals surface area contributed by atoms with Crippen molar-refractivity contribution < 1.29 is 29.6 Å². The zero-order chi connectivity index (χ0) is 30.4. The van der Waals surface area contributed by atoms with Gasteiger partial charge in [0.1, 0.15) is 6.03 Å². The molecule has 2 heterocycles. The fourth-order valence-electron chi connectivity index (χ4n) is 4.47. The van der Waals surface area contributed by atoms with Crippen molar-refractivity contribution >= 4 is 14.4 Å². The summed E-state index contributed by atoms with van der Waals surface area (Å²) in [6.07, 6.45) is 2.16. The maximum atomic E-state index is 11.1. The van der Waals surface area contributed by atoms with Crippen LogP contribution in [0.25, 0.3) is 0 Å². The van der Waals surface area contributed by atoms with Crippen molar-refractivity contribution in [3.63, 3.8) is 0 Å². The summed E-state index contributed by atoms with van der Waals surface area (Å²) >= 11 is 0. The number of benzene rings is 3. The van der Waals surface area contributed by atoms with Gasteiger partial charge in [0, 0.05) is 20.5 Å². The number of carbonyl (C=O) groups is 1. The Morgan fingerprint density at radius 1 is 0.864 bits per heavy atom. The van der Waals surface area contributed by atoms with Crippen LogP contribution in [0, 0.1) is 0 Å². The third kappa shape index (κ3) is 14.9. The number of amides is 2. The van der Waals surface area contributed by atoms with Crippen molar-refractivity contribution in [2.75, 3.05) is 19.8 Å². The monoisotopic (exact) mass is 608 g/mol. The number of carbonyl (C=O) groups excluding carboxylic acids is 1. The molecule has 0 bridgehead atoms. The zero-order valence-electron chi connectivity index (χ0n) is 24.0. The topological polar surface area (TPSA) is 213 Å². The molecule has 44 heavy (non-hydrogen) atoms. The molecule has 0 aromatic heterocycles. The summed E-state index contributed by atoms with van der Waals surface area (Å²) in [5.41, 5.74) is 19.0. The van der Waals surface area contributed by atoms with E-state index < -0.39 is 18.1 Å². The van der Waals surface area contributed by atoms with Crippen LogP contribution in [-0.2, 0) is 28.7 Å². The number of nitrogens with two attached hydrogens (primary N) is 3. The number of aliphatic hydroxyl groups is 2. The molecule has 0 aliphatic carbocycles. The predicted octanol–water partition coefficient (Wildman–Crippen LogP) is -0.559. The summed E-state index contributed by atoms with van der Waals surface area (Å²) < 4.78 is 9.78. The lowest BCUT2D eigenvalue weighted by atomic mass is 10.1. The van der Waals surface area contributed by atoms with E-state index in [1.54, 1.807) is 0 Å². The minimum absolute atomic E-state index is 0. The van der Waals surface area contributed by atoms with Gasteiger partial charge < -0.3 is 41.6 Å². The van der Waals surface area contributed by atoms with Gasteiger partial charge in [0.2, 0.25) is 0 Å². The number of hydrogen-bond donors (Lipinski definition) is 8. The van der Waals surface area contributed by atoms with Gasteiger partial charge in [-0.2, -0.15) is 0 Å². The lowest BCUT2D eigenvalue weighted by Gasteiger charge is -2.30. The summed E-state index contributed by atoms with van der Waals surface area (Å²) in [6, 6.07) is 25.2. The van der Waals surface area contributed by atoms with Crippen LogP contribution in [0.15, 0.2) is 91.0 Å². The van der Waals surface area contributed by atoms with Crippen LogP contribution in [-0.4, -0.2) is 74.7 Å². The number of primary amides is 1. The average Bonchev–Trinajstić information content (AvgIpc) is 3.49. The molecule has 12 nitrogen and oxygen atoms in total. The van der Waals surface area contributed by atoms with Gasteiger partial charge in [0.05, 0.1) is 25.9 Å². The lowest BCUT2D eigenvalue weighted by Crippen LogP contribution is -2.62. The van der Waals surface area contributed by atoms with Gasteiger partial charge >= 0.3 is 6.03 Å². The molecular weight excluding hydrogens is 563 g/mol. The summed E-state index contributed by atoms with van der Waals surface area (Å²) in [5.74, 6) is 0. The van der Waals surface area contributed by atoms with Crippen molar-refractivity contribution in [3.05, 3.63) is 108 Å². The molecule has 3 aromatic rings. The molecule has 2 aliphatic rings. The van der Waals surface area contributed by atoms with E-state index in [4.69, 9.17) is 31.8 Å². The van der Waals surface area contributed by atoms with Crippen LogP contribution in [0.1, 0.15) is 24.1 Å². The molecular formula is C31H45BN6O6-. The van der Waals surface area contributed by atoms with E-state index in [9.17, 15) is 15.0 Å². The normalized spacial score (nSPS) is 24.2. The Bertz CT molecular complexity index is 1130. The first-order valence-corrected chi connectivity index (χ1v) is 13.7. The molecule has 5 atom stereocenters. The summed E-state index contributed by atoms with van der Waals surface area (Å²) in [6.45, 7) is 0.689. The van der Waals surface area contributed by atoms with E-state index >= 15 is 0 Å². The maximum absolute atomic E-state index is 11.1. The second kappa shape index (κ2) is 19.1. The third-order valence-corrected chi connectivity index (χ3v) is 6.36. The molecule has 2 fully saturated rings. The van der Waals surface area contributed by atoms with Gasteiger partial charge in [-0.1, -0.05) is 98.4 Å². The SMILES string of the molecule is C.NC(=O)NC(CO)Cc1ccccc1.NC1(O)NC(Cc2ccccc2)CO1.NC1([O-])NC(Cc2ccccc2)CO1.[B]. The largest absolute Gasteiger partial charge is 0.804 e. The van der Waals surface area contributed by atoms with Crippen LogP contribution in [0.2, 0.25) is 0 Å². The number of urea groups is 1. The minimum Gasteiger partial charge on any atom is -0.804 e. The Hall–Kier alpha value is -3.37. The molecule has 0 saturated carbocycles. The number of rotatable bonds is 8. The highest BCUT2D eigenvalue weighted by Crippen LogP contribution is 2.12. The van der Waals surface area contributed by atoms with Crippen molar-refractivity contribution in [2.45, 2.75) is 56.9 Å². The smallest absolute Gasteiger partial charge is 0.312 e. The lowest BCUT2D eigenvalue weighted by molar-refractivity contribution is -0.553. The maximum Gasteiger partial charge on any atom is 0.312 e. The van der Waals surface area contributed by atoms with Crippen molar-refractivity contribution in [2.24, 2.45) is 17.2 Å². The molecule has 11 N–H and O–H groups in total. The van der Waals surface area contributed by atoms with Crippen LogP contribution in [0.5, 0.6) is 0 Å². The van der Waals surface area contributed by atoms with Crippen LogP contribution in [0.4, 0.5) is 4.79 Å². The van der Waals surface area contributed by atoms with E-state index in [1.165, 1.54) is 11.1 Å². The van der Waals surface area contributed by atoms with E-state index in [0.29, 0.717) is 19.6 Å².